The summed E-state index contributed by atoms with van der Waals surface area (Å²) in [4.78, 5) is 19.6. The van der Waals surface area contributed by atoms with E-state index in [9.17, 15) is 4.79 Å². The second-order valence-electron chi connectivity index (χ2n) is 4.80. The third-order valence-electron chi connectivity index (χ3n) is 3.18. The third-order valence-corrected chi connectivity index (χ3v) is 3.67. The van der Waals surface area contributed by atoms with E-state index in [1.54, 1.807) is 12.1 Å². The maximum Gasteiger partial charge on any atom is 0.251 e. The number of carbonyl (C=O) groups is 1. The molecule has 112 valence electrons. The fourth-order valence-electron chi connectivity index (χ4n) is 2.13. The quantitative estimate of drug-likeness (QED) is 0.613. The van der Waals surface area contributed by atoms with E-state index in [0.717, 1.165) is 15.5 Å². The molecule has 0 aliphatic rings. The molecule has 0 spiro atoms. The predicted molar refractivity (Wildman–Crippen MR) is 91.1 cm³/mol. The molecule has 1 amide bonds. The number of carbonyl (C=O) groups excluding carboxylic acids is 1. The van der Waals surface area contributed by atoms with Gasteiger partial charge in [0, 0.05) is 23.1 Å². The summed E-state index contributed by atoms with van der Waals surface area (Å²) in [6.45, 7) is 1.11. The highest BCUT2D eigenvalue weighted by atomic mass is 79.9. The monoisotopic (exact) mass is 358 g/mol. The van der Waals surface area contributed by atoms with Gasteiger partial charge in [0.15, 0.2) is 0 Å². The first-order valence-electron chi connectivity index (χ1n) is 6.95. The summed E-state index contributed by atoms with van der Waals surface area (Å²) in [5, 5.41) is 6.03. The summed E-state index contributed by atoms with van der Waals surface area (Å²) in [5.74, 6) is 0.616. The van der Waals surface area contributed by atoms with E-state index in [2.05, 4.69) is 36.5 Å². The lowest BCUT2D eigenvalue weighted by atomic mass is 10.2. The van der Waals surface area contributed by atoms with E-state index in [-0.39, 0.29) is 5.91 Å². The zero-order chi connectivity index (χ0) is 15.4. The molecular weight excluding hydrogens is 344 g/mol. The first-order chi connectivity index (χ1) is 10.7. The summed E-state index contributed by atoms with van der Waals surface area (Å²) in [7, 11) is 0. The number of rotatable bonds is 5. The number of fused-ring (bicyclic) bond motifs is 1. The lowest BCUT2D eigenvalue weighted by molar-refractivity contribution is 0.0955. The molecule has 1 aromatic heterocycles. The van der Waals surface area contributed by atoms with Crippen LogP contribution in [0.2, 0.25) is 0 Å². The molecule has 22 heavy (non-hydrogen) atoms. The lowest BCUT2D eigenvalue weighted by Gasteiger charge is -2.06. The average Bonchev–Trinajstić information content (AvgIpc) is 2.94. The molecular formula is C16H15BrN4O. The van der Waals surface area contributed by atoms with Crippen LogP contribution in [0.25, 0.3) is 11.0 Å². The van der Waals surface area contributed by atoms with Gasteiger partial charge in [-0.2, -0.15) is 0 Å². The summed E-state index contributed by atoms with van der Waals surface area (Å²) >= 11 is 3.35. The standard InChI is InChI=1S/C16H15BrN4O/c17-12-5-3-4-11(10-12)15(22)18-8-9-19-16-20-13-6-1-2-7-14(13)21-16/h1-7,10H,8-9H2,(H,18,22)(H2,19,20,21). The minimum absolute atomic E-state index is 0.0901. The number of halogens is 1. The molecule has 0 aliphatic heterocycles. The van der Waals surface area contributed by atoms with E-state index < -0.39 is 0 Å². The van der Waals surface area contributed by atoms with Crippen LogP contribution in [0.1, 0.15) is 10.4 Å². The largest absolute Gasteiger partial charge is 0.354 e. The molecule has 0 saturated carbocycles. The summed E-state index contributed by atoms with van der Waals surface area (Å²) < 4.78 is 0.889. The smallest absolute Gasteiger partial charge is 0.251 e. The molecule has 3 rings (SSSR count). The van der Waals surface area contributed by atoms with Gasteiger partial charge in [-0.1, -0.05) is 34.1 Å². The van der Waals surface area contributed by atoms with Gasteiger partial charge in [-0.15, -0.1) is 0 Å². The Hall–Kier alpha value is -2.34. The molecule has 0 bridgehead atoms. The first kappa shape index (κ1) is 14.6. The van der Waals surface area contributed by atoms with Gasteiger partial charge in [-0.3, -0.25) is 4.79 Å². The molecule has 0 saturated heterocycles. The van der Waals surface area contributed by atoms with Crippen molar-refractivity contribution in [2.24, 2.45) is 0 Å². The first-order valence-corrected chi connectivity index (χ1v) is 7.74. The molecule has 1 heterocycles. The number of hydrogen-bond donors (Lipinski definition) is 3. The van der Waals surface area contributed by atoms with Crippen molar-refractivity contribution in [3.05, 3.63) is 58.6 Å². The van der Waals surface area contributed by atoms with Crippen LogP contribution in [0.3, 0.4) is 0 Å². The number of para-hydroxylation sites is 2. The Kier molecular flexibility index (Phi) is 4.39. The lowest BCUT2D eigenvalue weighted by Crippen LogP contribution is -2.28. The summed E-state index contributed by atoms with van der Waals surface area (Å²) in [6, 6.07) is 15.1. The Bertz CT molecular complexity index is 766. The Morgan fingerprint density at radius 3 is 2.82 bits per heavy atom. The number of H-pyrrole nitrogens is 1. The van der Waals surface area contributed by atoms with Gasteiger partial charge < -0.3 is 15.6 Å². The van der Waals surface area contributed by atoms with E-state index in [4.69, 9.17) is 0 Å². The maximum atomic E-state index is 12.0. The molecule has 3 N–H and O–H groups in total. The topological polar surface area (TPSA) is 69.8 Å². The Morgan fingerprint density at radius 1 is 1.14 bits per heavy atom. The Balaban J connectivity index is 1.50. The summed E-state index contributed by atoms with van der Waals surface area (Å²) in [6.07, 6.45) is 0. The predicted octanol–water partition coefficient (Wildman–Crippen LogP) is 3.17. The van der Waals surface area contributed by atoms with Crippen LogP contribution in [0, 0.1) is 0 Å². The van der Waals surface area contributed by atoms with E-state index in [1.165, 1.54) is 0 Å². The Morgan fingerprint density at radius 2 is 2.00 bits per heavy atom. The highest BCUT2D eigenvalue weighted by Crippen LogP contribution is 2.13. The zero-order valence-corrected chi connectivity index (χ0v) is 13.4. The van der Waals surface area contributed by atoms with Crippen molar-refractivity contribution in [3.8, 4) is 0 Å². The molecule has 0 atom stereocenters. The summed E-state index contributed by atoms with van der Waals surface area (Å²) in [5.41, 5.74) is 2.55. The number of anilines is 1. The molecule has 3 aromatic rings. The van der Waals surface area contributed by atoms with Crippen molar-refractivity contribution < 1.29 is 4.79 Å². The Labute approximate surface area is 136 Å². The van der Waals surface area contributed by atoms with Crippen molar-refractivity contribution in [1.82, 2.24) is 15.3 Å². The van der Waals surface area contributed by atoms with Gasteiger partial charge in [0.1, 0.15) is 0 Å². The number of hydrogen-bond acceptors (Lipinski definition) is 3. The molecule has 0 radical (unpaired) electrons. The number of benzene rings is 2. The van der Waals surface area contributed by atoms with Gasteiger partial charge in [0.25, 0.3) is 5.91 Å². The number of amides is 1. The van der Waals surface area contributed by atoms with Crippen molar-refractivity contribution in [2.75, 3.05) is 18.4 Å². The second kappa shape index (κ2) is 6.62. The maximum absolute atomic E-state index is 12.0. The van der Waals surface area contributed by atoms with E-state index in [0.29, 0.717) is 24.6 Å². The van der Waals surface area contributed by atoms with Crippen LogP contribution in [0.15, 0.2) is 53.0 Å². The molecule has 6 heteroatoms. The number of nitrogens with one attached hydrogen (secondary N) is 3. The van der Waals surface area contributed by atoms with Gasteiger partial charge in [-0.05, 0) is 30.3 Å². The number of nitrogens with zero attached hydrogens (tertiary/aromatic N) is 1. The second-order valence-corrected chi connectivity index (χ2v) is 5.71. The van der Waals surface area contributed by atoms with Crippen molar-refractivity contribution in [2.45, 2.75) is 0 Å². The fourth-order valence-corrected chi connectivity index (χ4v) is 2.52. The minimum Gasteiger partial charge on any atom is -0.354 e. The molecule has 0 aliphatic carbocycles. The molecule has 2 aromatic carbocycles. The van der Waals surface area contributed by atoms with Gasteiger partial charge >= 0.3 is 0 Å². The van der Waals surface area contributed by atoms with Gasteiger partial charge in [0.05, 0.1) is 11.0 Å². The van der Waals surface area contributed by atoms with Crippen LogP contribution >= 0.6 is 15.9 Å². The fraction of sp³-hybridized carbons (Fsp3) is 0.125. The van der Waals surface area contributed by atoms with Crippen molar-refractivity contribution in [3.63, 3.8) is 0 Å². The van der Waals surface area contributed by atoms with E-state index >= 15 is 0 Å². The van der Waals surface area contributed by atoms with Crippen molar-refractivity contribution in [1.29, 1.82) is 0 Å². The molecule has 5 nitrogen and oxygen atoms in total. The number of imidazole rings is 1. The third kappa shape index (κ3) is 3.46. The normalized spacial score (nSPS) is 10.6. The van der Waals surface area contributed by atoms with Crippen molar-refractivity contribution >= 4 is 38.8 Å². The SMILES string of the molecule is O=C(NCCNc1nc2ccccc2[nH]1)c1cccc(Br)c1. The molecule has 0 fully saturated rings. The van der Waals surface area contributed by atoms with Crippen LogP contribution in [0.4, 0.5) is 5.95 Å². The molecule has 0 unspecified atom stereocenters. The number of aromatic nitrogens is 2. The van der Waals surface area contributed by atoms with Gasteiger partial charge in [-0.25, -0.2) is 4.98 Å². The van der Waals surface area contributed by atoms with Gasteiger partial charge in [0.2, 0.25) is 5.95 Å². The zero-order valence-electron chi connectivity index (χ0n) is 11.8. The highest BCUT2D eigenvalue weighted by molar-refractivity contribution is 9.10. The van der Waals surface area contributed by atoms with Crippen LogP contribution in [0.5, 0.6) is 0 Å². The number of aromatic amines is 1. The minimum atomic E-state index is -0.0901. The van der Waals surface area contributed by atoms with Crippen LogP contribution in [-0.2, 0) is 0 Å². The average molecular weight is 359 g/mol. The van der Waals surface area contributed by atoms with Crippen LogP contribution < -0.4 is 10.6 Å². The van der Waals surface area contributed by atoms with Crippen LogP contribution in [-0.4, -0.2) is 29.0 Å². The highest BCUT2D eigenvalue weighted by Gasteiger charge is 2.05. The van der Waals surface area contributed by atoms with E-state index in [1.807, 2.05) is 36.4 Å².